The zero-order valence-electron chi connectivity index (χ0n) is 12.1. The van der Waals surface area contributed by atoms with Crippen LogP contribution in [-0.2, 0) is 16.0 Å². The third-order valence-corrected chi connectivity index (χ3v) is 2.96. The van der Waals surface area contributed by atoms with Gasteiger partial charge in [-0.15, -0.1) is 0 Å². The van der Waals surface area contributed by atoms with Crippen molar-refractivity contribution < 1.29 is 19.4 Å². The van der Waals surface area contributed by atoms with Gasteiger partial charge in [0.15, 0.2) is 0 Å². The number of para-hydroxylation sites is 1. The van der Waals surface area contributed by atoms with Crippen molar-refractivity contribution in [3.8, 4) is 5.75 Å². The summed E-state index contributed by atoms with van der Waals surface area (Å²) in [6.45, 7) is 5.29. The van der Waals surface area contributed by atoms with E-state index in [1.54, 1.807) is 13.8 Å². The number of rotatable bonds is 7. The van der Waals surface area contributed by atoms with E-state index < -0.39 is 11.4 Å². The topological polar surface area (TPSA) is 75.6 Å². The van der Waals surface area contributed by atoms with Gasteiger partial charge >= 0.3 is 5.97 Å². The number of carboxylic acid groups (broad SMARTS) is 1. The molecule has 0 aliphatic rings. The van der Waals surface area contributed by atoms with Crippen molar-refractivity contribution in [2.75, 3.05) is 13.2 Å². The number of aryl methyl sites for hydroxylation is 1. The van der Waals surface area contributed by atoms with Crippen LogP contribution in [0.2, 0.25) is 0 Å². The van der Waals surface area contributed by atoms with Crippen LogP contribution in [0.25, 0.3) is 0 Å². The van der Waals surface area contributed by atoms with Crippen molar-refractivity contribution in [2.24, 2.45) is 5.41 Å². The summed E-state index contributed by atoms with van der Waals surface area (Å²) in [4.78, 5) is 22.3. The van der Waals surface area contributed by atoms with Gasteiger partial charge in [0.1, 0.15) is 18.9 Å². The van der Waals surface area contributed by atoms with Gasteiger partial charge in [0.2, 0.25) is 5.91 Å². The lowest BCUT2D eigenvalue weighted by Crippen LogP contribution is -2.42. The Morgan fingerprint density at radius 3 is 2.55 bits per heavy atom. The predicted octanol–water partition coefficient (Wildman–Crippen LogP) is 1.85. The third kappa shape index (κ3) is 4.57. The summed E-state index contributed by atoms with van der Waals surface area (Å²) in [5.41, 5.74) is 0.283. The maximum absolute atomic E-state index is 11.9. The molecule has 110 valence electrons. The molecule has 0 aromatic heterocycles. The van der Waals surface area contributed by atoms with E-state index in [0.717, 1.165) is 17.7 Å². The highest BCUT2D eigenvalue weighted by Crippen LogP contribution is 2.22. The van der Waals surface area contributed by atoms with Crippen molar-refractivity contribution in [1.29, 1.82) is 0 Å². The predicted molar refractivity (Wildman–Crippen MR) is 75.7 cm³/mol. The SMILES string of the molecule is CCc1ccccc1OCC(C)(C)C(=O)NCC(=O)O. The van der Waals surface area contributed by atoms with E-state index >= 15 is 0 Å². The number of nitrogens with one attached hydrogen (secondary N) is 1. The van der Waals surface area contributed by atoms with Gasteiger partial charge in [-0.3, -0.25) is 9.59 Å². The average molecular weight is 279 g/mol. The van der Waals surface area contributed by atoms with E-state index in [9.17, 15) is 9.59 Å². The maximum Gasteiger partial charge on any atom is 0.322 e. The van der Waals surface area contributed by atoms with E-state index in [0.29, 0.717) is 0 Å². The van der Waals surface area contributed by atoms with Crippen LogP contribution in [-0.4, -0.2) is 30.1 Å². The molecule has 20 heavy (non-hydrogen) atoms. The number of hydrogen-bond donors (Lipinski definition) is 2. The molecule has 1 rings (SSSR count). The fourth-order valence-corrected chi connectivity index (χ4v) is 1.66. The molecule has 0 aliphatic heterocycles. The van der Waals surface area contributed by atoms with Crippen LogP contribution in [0.1, 0.15) is 26.3 Å². The van der Waals surface area contributed by atoms with Gasteiger partial charge < -0.3 is 15.2 Å². The highest BCUT2D eigenvalue weighted by molar-refractivity contribution is 5.85. The molecule has 5 nitrogen and oxygen atoms in total. The second-order valence-electron chi connectivity index (χ2n) is 5.21. The van der Waals surface area contributed by atoms with Crippen LogP contribution in [0.4, 0.5) is 0 Å². The van der Waals surface area contributed by atoms with Gasteiger partial charge in [0.05, 0.1) is 5.41 Å². The van der Waals surface area contributed by atoms with Crippen molar-refractivity contribution in [1.82, 2.24) is 5.32 Å². The normalized spacial score (nSPS) is 10.9. The Morgan fingerprint density at radius 2 is 1.95 bits per heavy atom. The second-order valence-corrected chi connectivity index (χ2v) is 5.21. The molecule has 0 atom stereocenters. The van der Waals surface area contributed by atoms with Gasteiger partial charge in [-0.05, 0) is 31.9 Å². The van der Waals surface area contributed by atoms with Gasteiger partial charge in [-0.1, -0.05) is 25.1 Å². The molecule has 0 radical (unpaired) electrons. The smallest absolute Gasteiger partial charge is 0.322 e. The number of carbonyl (C=O) groups excluding carboxylic acids is 1. The molecule has 0 spiro atoms. The van der Waals surface area contributed by atoms with Gasteiger partial charge in [-0.2, -0.15) is 0 Å². The quantitative estimate of drug-likeness (QED) is 0.798. The molecule has 0 unspecified atom stereocenters. The lowest BCUT2D eigenvalue weighted by molar-refractivity contribution is -0.140. The lowest BCUT2D eigenvalue weighted by atomic mass is 9.93. The molecule has 1 amide bonds. The van der Waals surface area contributed by atoms with Crippen molar-refractivity contribution in [3.05, 3.63) is 29.8 Å². The molecule has 0 fully saturated rings. The Morgan fingerprint density at radius 1 is 1.30 bits per heavy atom. The summed E-state index contributed by atoms with van der Waals surface area (Å²) in [7, 11) is 0. The van der Waals surface area contributed by atoms with Gasteiger partial charge in [0, 0.05) is 0 Å². The molecule has 1 aromatic rings. The Balaban J connectivity index is 2.62. The van der Waals surface area contributed by atoms with E-state index in [1.807, 2.05) is 31.2 Å². The van der Waals surface area contributed by atoms with Crippen molar-refractivity contribution in [2.45, 2.75) is 27.2 Å². The minimum absolute atomic E-state index is 0.190. The Labute approximate surface area is 118 Å². The monoisotopic (exact) mass is 279 g/mol. The summed E-state index contributed by atoms with van der Waals surface area (Å²) < 4.78 is 5.71. The standard InChI is InChI=1S/C15H21NO4/c1-4-11-7-5-6-8-12(11)20-10-15(2,3)14(19)16-9-13(17)18/h5-8H,4,9-10H2,1-3H3,(H,16,19)(H,17,18). The molecule has 1 aromatic carbocycles. The molecule has 5 heteroatoms. The Kier molecular flexibility index (Phi) is 5.55. The zero-order valence-corrected chi connectivity index (χ0v) is 12.1. The van der Waals surface area contributed by atoms with Gasteiger partial charge in [0.25, 0.3) is 0 Å². The number of carboxylic acids is 1. The molecule has 0 aliphatic carbocycles. The van der Waals surface area contributed by atoms with Crippen molar-refractivity contribution in [3.63, 3.8) is 0 Å². The maximum atomic E-state index is 11.9. The number of benzene rings is 1. The number of carbonyl (C=O) groups is 2. The van der Waals surface area contributed by atoms with E-state index in [2.05, 4.69) is 5.32 Å². The van der Waals surface area contributed by atoms with Crippen LogP contribution in [0, 0.1) is 5.41 Å². The highest BCUT2D eigenvalue weighted by atomic mass is 16.5. The third-order valence-electron chi connectivity index (χ3n) is 2.96. The molecule has 0 heterocycles. The highest BCUT2D eigenvalue weighted by Gasteiger charge is 2.29. The first-order valence-electron chi connectivity index (χ1n) is 6.57. The first-order valence-corrected chi connectivity index (χ1v) is 6.57. The average Bonchev–Trinajstić information content (AvgIpc) is 2.42. The Hall–Kier alpha value is -2.04. The summed E-state index contributed by atoms with van der Waals surface area (Å²) in [6, 6.07) is 7.67. The van der Waals surface area contributed by atoms with E-state index in [-0.39, 0.29) is 19.1 Å². The largest absolute Gasteiger partial charge is 0.492 e. The second kappa shape index (κ2) is 6.93. The van der Waals surface area contributed by atoms with Gasteiger partial charge in [-0.25, -0.2) is 0 Å². The van der Waals surface area contributed by atoms with Crippen molar-refractivity contribution >= 4 is 11.9 Å². The summed E-state index contributed by atoms with van der Waals surface area (Å²) in [5, 5.41) is 10.9. The molecule has 2 N–H and O–H groups in total. The van der Waals surface area contributed by atoms with E-state index in [1.165, 1.54) is 0 Å². The van der Waals surface area contributed by atoms with E-state index in [4.69, 9.17) is 9.84 Å². The molecule has 0 saturated carbocycles. The minimum Gasteiger partial charge on any atom is -0.492 e. The van der Waals surface area contributed by atoms with Crippen LogP contribution in [0.5, 0.6) is 5.75 Å². The van der Waals surface area contributed by atoms with Crippen LogP contribution < -0.4 is 10.1 Å². The minimum atomic E-state index is -1.06. The number of ether oxygens (including phenoxy) is 1. The Bertz CT molecular complexity index is 483. The fraction of sp³-hybridized carbons (Fsp3) is 0.467. The van der Waals surface area contributed by atoms with Crippen LogP contribution in [0.3, 0.4) is 0 Å². The molecular weight excluding hydrogens is 258 g/mol. The zero-order chi connectivity index (χ0) is 15.2. The van der Waals surface area contributed by atoms with Crippen LogP contribution >= 0.6 is 0 Å². The molecule has 0 bridgehead atoms. The number of aliphatic carboxylic acids is 1. The number of amides is 1. The van der Waals surface area contributed by atoms with Crippen LogP contribution in [0.15, 0.2) is 24.3 Å². The fourth-order valence-electron chi connectivity index (χ4n) is 1.66. The summed E-state index contributed by atoms with van der Waals surface area (Å²) in [5.74, 6) is -0.644. The summed E-state index contributed by atoms with van der Waals surface area (Å²) in [6.07, 6.45) is 0.849. The first kappa shape index (κ1) is 16.0. The molecular formula is C15H21NO4. The first-order chi connectivity index (χ1) is 9.36. The summed E-state index contributed by atoms with van der Waals surface area (Å²) >= 11 is 0. The molecule has 0 saturated heterocycles. The number of hydrogen-bond acceptors (Lipinski definition) is 3. The lowest BCUT2D eigenvalue weighted by Gasteiger charge is -2.24.